The maximum absolute atomic E-state index is 13.0. The topological polar surface area (TPSA) is 17.1 Å². The minimum Gasteiger partial charge on any atom is -0.257 e. The third-order valence-corrected chi connectivity index (χ3v) is 1.99. The molecule has 0 aromatic rings. The Labute approximate surface area is 71.9 Å². The van der Waals surface area contributed by atoms with Gasteiger partial charge in [0.15, 0.2) is 0 Å². The fourth-order valence-electron chi connectivity index (χ4n) is 0.866. The van der Waals surface area contributed by atoms with Gasteiger partial charge in [0.1, 0.15) is 0 Å². The first kappa shape index (κ1) is 12.3. The van der Waals surface area contributed by atoms with Crippen molar-refractivity contribution in [2.75, 3.05) is 0 Å². The smallest absolute Gasteiger partial charge is 0.257 e. The zero-order chi connectivity index (χ0) is 10.9. The molecule has 0 aromatic heterocycles. The van der Waals surface area contributed by atoms with Gasteiger partial charge in [-0.25, -0.2) is 4.39 Å². The highest BCUT2D eigenvalue weighted by Gasteiger charge is 2.64. The van der Waals surface area contributed by atoms with E-state index in [2.05, 4.69) is 0 Å². The summed E-state index contributed by atoms with van der Waals surface area (Å²) in [5.41, 5.74) is -4.36. The Kier molecular flexibility index (Phi) is 3.40. The molecule has 13 heavy (non-hydrogen) atoms. The van der Waals surface area contributed by atoms with Gasteiger partial charge < -0.3 is 0 Å². The van der Waals surface area contributed by atoms with Crippen LogP contribution in [0.2, 0.25) is 0 Å². The highest BCUT2D eigenvalue weighted by atomic mass is 19.4. The average Bonchev–Trinajstić information content (AvgIpc) is 1.98. The number of halogens is 5. The van der Waals surface area contributed by atoms with Gasteiger partial charge in [0.25, 0.3) is 5.67 Å². The van der Waals surface area contributed by atoms with Crippen molar-refractivity contribution >= 4 is 6.04 Å². The summed E-state index contributed by atoms with van der Waals surface area (Å²) >= 11 is 0. The molecular formula is C7H9F5O. The first-order valence-corrected chi connectivity index (χ1v) is 3.63. The van der Waals surface area contributed by atoms with Crippen molar-refractivity contribution < 1.29 is 26.7 Å². The fourth-order valence-corrected chi connectivity index (χ4v) is 0.866. The molecular weight excluding hydrogens is 195 g/mol. The Morgan fingerprint density at radius 2 is 1.69 bits per heavy atom. The predicted octanol–water partition coefficient (Wildman–Crippen LogP) is 2.80. The van der Waals surface area contributed by atoms with Gasteiger partial charge >= 0.3 is 12.2 Å². The van der Waals surface area contributed by atoms with Crippen LogP contribution >= 0.6 is 0 Å². The summed E-state index contributed by atoms with van der Waals surface area (Å²) in [6.45, 7) is 2.08. The lowest BCUT2D eigenvalue weighted by molar-refractivity contribution is -0.245. The standard InChI is InChI=1S/C7H9F5O/c1-3-4(2)6(9,5(8)13)7(10,11)12/h4H,3H2,1-2H3. The van der Waals surface area contributed by atoms with E-state index in [1.807, 2.05) is 0 Å². The van der Waals surface area contributed by atoms with Crippen molar-refractivity contribution in [3.05, 3.63) is 0 Å². The van der Waals surface area contributed by atoms with E-state index in [-0.39, 0.29) is 6.42 Å². The highest BCUT2D eigenvalue weighted by Crippen LogP contribution is 2.42. The van der Waals surface area contributed by atoms with E-state index in [0.717, 1.165) is 6.92 Å². The first-order valence-electron chi connectivity index (χ1n) is 3.63. The molecule has 2 atom stereocenters. The Hall–Kier alpha value is -0.680. The van der Waals surface area contributed by atoms with Crippen molar-refractivity contribution in [1.82, 2.24) is 0 Å². The highest BCUT2D eigenvalue weighted by molar-refractivity contribution is 5.79. The van der Waals surface area contributed by atoms with E-state index < -0.39 is 23.8 Å². The predicted molar refractivity (Wildman–Crippen MR) is 35.5 cm³/mol. The summed E-state index contributed by atoms with van der Waals surface area (Å²) in [6.07, 6.45) is -5.76. The molecule has 0 heterocycles. The molecule has 78 valence electrons. The molecule has 0 saturated carbocycles. The molecule has 0 aliphatic heterocycles. The third-order valence-electron chi connectivity index (χ3n) is 1.99. The summed E-state index contributed by atoms with van der Waals surface area (Å²) in [5.74, 6) is -1.72. The largest absolute Gasteiger partial charge is 0.432 e. The second-order valence-corrected chi connectivity index (χ2v) is 2.79. The normalized spacial score (nSPS) is 19.3. The van der Waals surface area contributed by atoms with Crippen LogP contribution in [0, 0.1) is 5.92 Å². The maximum Gasteiger partial charge on any atom is 0.432 e. The number of hydrogen-bond acceptors (Lipinski definition) is 1. The second-order valence-electron chi connectivity index (χ2n) is 2.79. The number of rotatable bonds is 3. The third kappa shape index (κ3) is 1.97. The zero-order valence-electron chi connectivity index (χ0n) is 7.08. The Morgan fingerprint density at radius 3 is 1.77 bits per heavy atom. The molecule has 0 amide bonds. The lowest BCUT2D eigenvalue weighted by Crippen LogP contribution is -2.51. The second kappa shape index (κ2) is 3.59. The molecule has 0 bridgehead atoms. The minimum atomic E-state index is -5.49. The summed E-state index contributed by atoms with van der Waals surface area (Å²) in [6, 6.07) is -2.98. The van der Waals surface area contributed by atoms with E-state index in [0.29, 0.717) is 0 Å². The molecule has 0 spiro atoms. The van der Waals surface area contributed by atoms with Crippen LogP contribution in [-0.2, 0) is 4.79 Å². The lowest BCUT2D eigenvalue weighted by atomic mass is 9.88. The van der Waals surface area contributed by atoms with Crippen molar-refractivity contribution in [3.8, 4) is 0 Å². The molecule has 1 nitrogen and oxygen atoms in total. The van der Waals surface area contributed by atoms with Crippen LogP contribution in [0.25, 0.3) is 0 Å². The molecule has 0 aromatic carbocycles. The molecule has 6 heteroatoms. The van der Waals surface area contributed by atoms with E-state index in [1.54, 1.807) is 0 Å². The summed E-state index contributed by atoms with van der Waals surface area (Å²) in [4.78, 5) is 9.95. The maximum atomic E-state index is 13.0. The molecule has 0 N–H and O–H groups in total. The zero-order valence-corrected chi connectivity index (χ0v) is 7.08. The van der Waals surface area contributed by atoms with E-state index >= 15 is 0 Å². The summed E-state index contributed by atoms with van der Waals surface area (Å²) < 4.78 is 60.8. The molecule has 0 radical (unpaired) electrons. The van der Waals surface area contributed by atoms with Gasteiger partial charge in [-0.05, 0) is 6.42 Å². The quantitative estimate of drug-likeness (QED) is 0.510. The van der Waals surface area contributed by atoms with Gasteiger partial charge in [0, 0.05) is 5.92 Å². The molecule has 0 aliphatic rings. The lowest BCUT2D eigenvalue weighted by Gasteiger charge is -2.28. The van der Waals surface area contributed by atoms with Gasteiger partial charge in [-0.2, -0.15) is 17.6 Å². The fraction of sp³-hybridized carbons (Fsp3) is 0.857. The van der Waals surface area contributed by atoms with Crippen LogP contribution in [0.4, 0.5) is 22.0 Å². The minimum absolute atomic E-state index is 0.272. The van der Waals surface area contributed by atoms with E-state index in [9.17, 15) is 26.7 Å². The Morgan fingerprint density at radius 1 is 1.31 bits per heavy atom. The molecule has 0 saturated heterocycles. The van der Waals surface area contributed by atoms with E-state index in [4.69, 9.17) is 0 Å². The molecule has 0 fully saturated rings. The van der Waals surface area contributed by atoms with Crippen molar-refractivity contribution in [1.29, 1.82) is 0 Å². The van der Waals surface area contributed by atoms with Crippen molar-refractivity contribution in [3.63, 3.8) is 0 Å². The number of alkyl halides is 4. The van der Waals surface area contributed by atoms with Crippen LogP contribution in [0.15, 0.2) is 0 Å². The van der Waals surface area contributed by atoms with Gasteiger partial charge in [-0.15, -0.1) is 0 Å². The SMILES string of the molecule is CCC(C)C(F)(C(=O)F)C(F)(F)F. The average molecular weight is 204 g/mol. The molecule has 0 rings (SSSR count). The summed E-state index contributed by atoms with van der Waals surface area (Å²) in [5, 5.41) is 0. The van der Waals surface area contributed by atoms with Crippen molar-refractivity contribution in [2.45, 2.75) is 32.1 Å². The van der Waals surface area contributed by atoms with Crippen LogP contribution in [0.5, 0.6) is 0 Å². The Bertz CT molecular complexity index is 200. The van der Waals surface area contributed by atoms with Gasteiger partial charge in [0.05, 0.1) is 0 Å². The summed E-state index contributed by atoms with van der Waals surface area (Å²) in [7, 11) is 0. The molecule has 0 aliphatic carbocycles. The first-order chi connectivity index (χ1) is 5.67. The van der Waals surface area contributed by atoms with Gasteiger partial charge in [0.2, 0.25) is 0 Å². The van der Waals surface area contributed by atoms with Crippen LogP contribution in [-0.4, -0.2) is 17.9 Å². The van der Waals surface area contributed by atoms with Gasteiger partial charge in [-0.1, -0.05) is 13.8 Å². The van der Waals surface area contributed by atoms with Crippen molar-refractivity contribution in [2.24, 2.45) is 5.92 Å². The Balaban J connectivity index is 5.08. The molecule has 2 unspecified atom stereocenters. The van der Waals surface area contributed by atoms with Crippen LogP contribution in [0.3, 0.4) is 0 Å². The monoisotopic (exact) mass is 204 g/mol. The number of carbonyl (C=O) groups excluding carboxylic acids is 1. The number of carbonyl (C=O) groups is 1. The van der Waals surface area contributed by atoms with Crippen LogP contribution < -0.4 is 0 Å². The van der Waals surface area contributed by atoms with E-state index in [1.165, 1.54) is 6.92 Å². The van der Waals surface area contributed by atoms with Crippen LogP contribution in [0.1, 0.15) is 20.3 Å². The van der Waals surface area contributed by atoms with Gasteiger partial charge in [-0.3, -0.25) is 4.79 Å². The number of hydrogen-bond donors (Lipinski definition) is 0.